The highest BCUT2D eigenvalue weighted by atomic mass is 32.2. The van der Waals surface area contributed by atoms with Gasteiger partial charge in [0, 0.05) is 32.2 Å². The lowest BCUT2D eigenvalue weighted by molar-refractivity contribution is 0.0656. The Kier molecular flexibility index (Phi) is 5.15. The molecule has 0 radical (unpaired) electrons. The molecule has 26 heavy (non-hydrogen) atoms. The lowest BCUT2D eigenvalue weighted by Gasteiger charge is -2.33. The number of benzene rings is 1. The normalized spacial score (nSPS) is 16.2. The van der Waals surface area contributed by atoms with Crippen molar-refractivity contribution in [3.05, 3.63) is 47.3 Å². The smallest absolute Gasteiger partial charge is 0.292 e. The highest BCUT2D eigenvalue weighted by molar-refractivity contribution is 7.89. The van der Waals surface area contributed by atoms with Gasteiger partial charge in [0.2, 0.25) is 15.8 Å². The van der Waals surface area contributed by atoms with Crippen molar-refractivity contribution in [1.29, 1.82) is 0 Å². The van der Waals surface area contributed by atoms with Crippen molar-refractivity contribution in [3.8, 4) is 0 Å². The summed E-state index contributed by atoms with van der Waals surface area (Å²) in [5.74, 6) is 0.271. The Morgan fingerprint density at radius 1 is 1.12 bits per heavy atom. The predicted octanol–water partition coefficient (Wildman–Crippen LogP) is 2.25. The van der Waals surface area contributed by atoms with E-state index in [-0.39, 0.29) is 29.7 Å². The van der Waals surface area contributed by atoms with E-state index in [1.807, 2.05) is 12.1 Å². The van der Waals surface area contributed by atoms with Crippen molar-refractivity contribution in [2.45, 2.75) is 31.6 Å². The van der Waals surface area contributed by atoms with E-state index >= 15 is 0 Å². The quantitative estimate of drug-likeness (QED) is 0.816. The molecule has 1 amide bonds. The summed E-state index contributed by atoms with van der Waals surface area (Å²) in [4.78, 5) is 14.2. The Hall–Kier alpha value is -2.19. The molecule has 0 N–H and O–H groups in total. The maximum absolute atomic E-state index is 12.8. The Bertz CT molecular complexity index is 879. The number of aromatic nitrogens is 1. The van der Waals surface area contributed by atoms with E-state index in [4.69, 9.17) is 4.52 Å². The van der Waals surface area contributed by atoms with E-state index in [0.29, 0.717) is 24.7 Å². The van der Waals surface area contributed by atoms with Crippen LogP contribution < -0.4 is 0 Å². The van der Waals surface area contributed by atoms with Crippen LogP contribution >= 0.6 is 0 Å². The minimum absolute atomic E-state index is 0.183. The molecule has 1 aromatic heterocycles. The standard InChI is InChI=1S/C18H23N3O4S/c1-13(2)15-4-6-16(7-5-15)26(23,24)21-10-8-20(9-11-21)18(22)17-12-14(3)19-25-17/h4-7,12-13H,8-11H2,1-3H3. The summed E-state index contributed by atoms with van der Waals surface area (Å²) >= 11 is 0. The highest BCUT2D eigenvalue weighted by Gasteiger charge is 2.31. The molecule has 140 valence electrons. The third-order valence-corrected chi connectivity index (χ3v) is 6.46. The van der Waals surface area contributed by atoms with Gasteiger partial charge in [-0.2, -0.15) is 4.31 Å². The second-order valence-electron chi connectivity index (χ2n) is 6.75. The number of rotatable bonds is 4. The second kappa shape index (κ2) is 7.20. The first-order chi connectivity index (χ1) is 12.3. The van der Waals surface area contributed by atoms with E-state index in [1.54, 1.807) is 30.0 Å². The molecular weight excluding hydrogens is 354 g/mol. The summed E-state index contributed by atoms with van der Waals surface area (Å²) in [6.07, 6.45) is 0. The van der Waals surface area contributed by atoms with Crippen LogP contribution in [0.4, 0.5) is 0 Å². The zero-order valence-electron chi connectivity index (χ0n) is 15.2. The van der Waals surface area contributed by atoms with Gasteiger partial charge in [-0.3, -0.25) is 4.79 Å². The van der Waals surface area contributed by atoms with Gasteiger partial charge in [0.15, 0.2) is 0 Å². The van der Waals surface area contributed by atoms with E-state index in [0.717, 1.165) is 5.56 Å². The van der Waals surface area contributed by atoms with Crippen molar-refractivity contribution in [3.63, 3.8) is 0 Å². The minimum atomic E-state index is -3.55. The first-order valence-corrected chi connectivity index (χ1v) is 10.1. The van der Waals surface area contributed by atoms with Crippen LogP contribution in [0.15, 0.2) is 39.8 Å². The summed E-state index contributed by atoms with van der Waals surface area (Å²) < 4.78 is 32.0. The molecule has 1 aliphatic rings. The molecule has 0 unspecified atom stereocenters. The van der Waals surface area contributed by atoms with Gasteiger partial charge in [-0.25, -0.2) is 8.42 Å². The lowest BCUT2D eigenvalue weighted by Crippen LogP contribution is -2.50. The number of sulfonamides is 1. The van der Waals surface area contributed by atoms with Gasteiger partial charge in [0.25, 0.3) is 5.91 Å². The number of amides is 1. The monoisotopic (exact) mass is 377 g/mol. The first-order valence-electron chi connectivity index (χ1n) is 8.62. The molecule has 1 saturated heterocycles. The summed E-state index contributed by atoms with van der Waals surface area (Å²) in [5.41, 5.74) is 1.74. The Labute approximate surface area is 153 Å². The maximum Gasteiger partial charge on any atom is 0.292 e. The summed E-state index contributed by atoms with van der Waals surface area (Å²) in [6.45, 7) is 7.03. The number of hydrogen-bond acceptors (Lipinski definition) is 5. The topological polar surface area (TPSA) is 83.7 Å². The van der Waals surface area contributed by atoms with Crippen LogP contribution in [0.2, 0.25) is 0 Å². The highest BCUT2D eigenvalue weighted by Crippen LogP contribution is 2.21. The van der Waals surface area contributed by atoms with Gasteiger partial charge in [-0.15, -0.1) is 0 Å². The zero-order chi connectivity index (χ0) is 18.9. The van der Waals surface area contributed by atoms with E-state index in [1.165, 1.54) is 4.31 Å². The van der Waals surface area contributed by atoms with E-state index in [2.05, 4.69) is 19.0 Å². The Morgan fingerprint density at radius 3 is 2.23 bits per heavy atom. The van der Waals surface area contributed by atoms with Gasteiger partial charge in [-0.05, 0) is 30.5 Å². The number of piperazine rings is 1. The molecule has 7 nitrogen and oxygen atoms in total. The van der Waals surface area contributed by atoms with Crippen molar-refractivity contribution < 1.29 is 17.7 Å². The first kappa shape index (κ1) is 18.6. The molecule has 2 aromatic rings. The molecule has 1 fully saturated rings. The number of hydrogen-bond donors (Lipinski definition) is 0. The van der Waals surface area contributed by atoms with Crippen LogP contribution in [0.25, 0.3) is 0 Å². The Balaban J connectivity index is 1.67. The molecule has 0 bridgehead atoms. The Morgan fingerprint density at radius 2 is 1.73 bits per heavy atom. The summed E-state index contributed by atoms with van der Waals surface area (Å²) in [7, 11) is -3.55. The van der Waals surface area contributed by atoms with Gasteiger partial charge < -0.3 is 9.42 Å². The van der Waals surface area contributed by atoms with Crippen LogP contribution in [0.5, 0.6) is 0 Å². The molecule has 1 aromatic carbocycles. The van der Waals surface area contributed by atoms with Crippen LogP contribution in [0, 0.1) is 6.92 Å². The fraction of sp³-hybridized carbons (Fsp3) is 0.444. The van der Waals surface area contributed by atoms with Crippen LogP contribution in [-0.4, -0.2) is 54.9 Å². The molecule has 0 atom stereocenters. The average Bonchev–Trinajstić information content (AvgIpc) is 3.07. The van der Waals surface area contributed by atoms with Gasteiger partial charge in [0.1, 0.15) is 0 Å². The third kappa shape index (κ3) is 3.66. The van der Waals surface area contributed by atoms with Crippen molar-refractivity contribution in [2.75, 3.05) is 26.2 Å². The number of aryl methyl sites for hydroxylation is 1. The molecule has 3 rings (SSSR count). The van der Waals surface area contributed by atoms with Crippen molar-refractivity contribution >= 4 is 15.9 Å². The minimum Gasteiger partial charge on any atom is -0.351 e. The largest absolute Gasteiger partial charge is 0.351 e. The predicted molar refractivity (Wildman–Crippen MR) is 96.4 cm³/mol. The molecule has 0 spiro atoms. The van der Waals surface area contributed by atoms with E-state index in [9.17, 15) is 13.2 Å². The lowest BCUT2D eigenvalue weighted by atomic mass is 10.0. The molecule has 8 heteroatoms. The zero-order valence-corrected chi connectivity index (χ0v) is 16.0. The fourth-order valence-corrected chi connectivity index (χ4v) is 4.35. The van der Waals surface area contributed by atoms with Gasteiger partial charge in [0.05, 0.1) is 10.6 Å². The number of carbonyl (C=O) groups is 1. The molecule has 1 aliphatic heterocycles. The number of nitrogens with zero attached hydrogens (tertiary/aromatic N) is 3. The van der Waals surface area contributed by atoms with Crippen molar-refractivity contribution in [1.82, 2.24) is 14.4 Å². The van der Waals surface area contributed by atoms with Crippen LogP contribution in [0.3, 0.4) is 0 Å². The maximum atomic E-state index is 12.8. The summed E-state index contributed by atoms with van der Waals surface area (Å²) in [6, 6.07) is 8.59. The average molecular weight is 377 g/mol. The van der Waals surface area contributed by atoms with Crippen molar-refractivity contribution in [2.24, 2.45) is 0 Å². The molecular formula is C18H23N3O4S. The van der Waals surface area contributed by atoms with E-state index < -0.39 is 10.0 Å². The molecule has 2 heterocycles. The number of carbonyl (C=O) groups excluding carboxylic acids is 1. The SMILES string of the molecule is Cc1cc(C(=O)N2CCN(S(=O)(=O)c3ccc(C(C)C)cc3)CC2)on1. The van der Waals surface area contributed by atoms with Crippen LogP contribution in [-0.2, 0) is 10.0 Å². The second-order valence-corrected chi connectivity index (χ2v) is 8.69. The van der Waals surface area contributed by atoms with Gasteiger partial charge in [-0.1, -0.05) is 31.1 Å². The summed E-state index contributed by atoms with van der Waals surface area (Å²) in [5, 5.41) is 3.72. The van der Waals surface area contributed by atoms with Gasteiger partial charge >= 0.3 is 0 Å². The third-order valence-electron chi connectivity index (χ3n) is 4.55. The fourth-order valence-electron chi connectivity index (χ4n) is 2.93. The van der Waals surface area contributed by atoms with Crippen LogP contribution in [0.1, 0.15) is 41.6 Å². The molecule has 0 aliphatic carbocycles. The molecule has 0 saturated carbocycles.